The Bertz CT molecular complexity index is 1530. The maximum absolute atomic E-state index is 13.7. The summed E-state index contributed by atoms with van der Waals surface area (Å²) in [6.07, 6.45) is 0.101. The summed E-state index contributed by atoms with van der Waals surface area (Å²) < 4.78 is 46.7. The number of ether oxygens (including phenoxy) is 1. The Hall–Kier alpha value is -4.55. The molecule has 0 spiro atoms. The number of alkyl halides is 3. The lowest BCUT2D eigenvalue weighted by molar-refractivity contribution is -0.137. The highest BCUT2D eigenvalue weighted by Crippen LogP contribution is 2.35. The van der Waals surface area contributed by atoms with Crippen LogP contribution < -0.4 is 20.7 Å². The van der Waals surface area contributed by atoms with Crippen molar-refractivity contribution >= 4 is 23.1 Å². The lowest BCUT2D eigenvalue weighted by atomic mass is 10.1. The van der Waals surface area contributed by atoms with Gasteiger partial charge in [-0.1, -0.05) is 6.07 Å². The second-order valence-electron chi connectivity index (χ2n) is 9.79. The fourth-order valence-corrected chi connectivity index (χ4v) is 4.54. The van der Waals surface area contributed by atoms with E-state index in [0.29, 0.717) is 23.7 Å². The summed E-state index contributed by atoms with van der Waals surface area (Å²) >= 11 is 0. The maximum atomic E-state index is 13.7. The number of nitrogens with zero attached hydrogens (tertiary/aromatic N) is 4. The highest BCUT2D eigenvalue weighted by molar-refractivity contribution is 6.05. The molecule has 0 atom stereocenters. The number of aromatic nitrogens is 3. The molecule has 2 aromatic carbocycles. The zero-order valence-corrected chi connectivity index (χ0v) is 22.9. The van der Waals surface area contributed by atoms with Crippen LogP contribution in [0.1, 0.15) is 21.5 Å². The summed E-state index contributed by atoms with van der Waals surface area (Å²) in [5, 5.41) is 9.11. The van der Waals surface area contributed by atoms with E-state index in [1.165, 1.54) is 12.4 Å². The van der Waals surface area contributed by atoms with Crippen molar-refractivity contribution in [1.82, 2.24) is 25.2 Å². The molecule has 218 valence electrons. The molecule has 1 aliphatic heterocycles. The number of carbonyl (C=O) groups is 1. The fraction of sp³-hybridized carbons (Fsp3) is 0.267. The molecule has 3 N–H and O–H groups in total. The van der Waals surface area contributed by atoms with E-state index in [2.05, 4.69) is 35.8 Å². The van der Waals surface area contributed by atoms with Gasteiger partial charge in [0, 0.05) is 73.7 Å². The van der Waals surface area contributed by atoms with Gasteiger partial charge in [0.25, 0.3) is 5.91 Å². The van der Waals surface area contributed by atoms with E-state index in [-0.39, 0.29) is 23.6 Å². The molecule has 0 unspecified atom stereocenters. The monoisotopic (exact) mass is 577 g/mol. The van der Waals surface area contributed by atoms with Gasteiger partial charge in [0.15, 0.2) is 0 Å². The summed E-state index contributed by atoms with van der Waals surface area (Å²) in [4.78, 5) is 28.1. The number of anilines is 3. The summed E-state index contributed by atoms with van der Waals surface area (Å²) in [6.45, 7) is 6.11. The third-order valence-corrected chi connectivity index (χ3v) is 6.80. The van der Waals surface area contributed by atoms with Gasteiger partial charge in [-0.3, -0.25) is 9.69 Å². The molecular formula is C30H30F3N7O2. The average molecular weight is 578 g/mol. The van der Waals surface area contributed by atoms with Crippen LogP contribution in [0.4, 0.5) is 30.4 Å². The summed E-state index contributed by atoms with van der Waals surface area (Å²) in [5.74, 6) is -0.00699. The van der Waals surface area contributed by atoms with Crippen LogP contribution in [0.5, 0.6) is 5.75 Å². The van der Waals surface area contributed by atoms with Gasteiger partial charge in [-0.15, -0.1) is 0 Å². The van der Waals surface area contributed by atoms with Gasteiger partial charge in [-0.2, -0.15) is 13.2 Å². The number of piperazine rings is 1. The van der Waals surface area contributed by atoms with Crippen molar-refractivity contribution in [3.8, 4) is 17.0 Å². The summed E-state index contributed by atoms with van der Waals surface area (Å²) in [7, 11) is 0. The Labute approximate surface area is 241 Å². The van der Waals surface area contributed by atoms with E-state index in [4.69, 9.17) is 4.74 Å². The second-order valence-corrected chi connectivity index (χ2v) is 9.79. The molecule has 9 nitrogen and oxygen atoms in total. The van der Waals surface area contributed by atoms with Crippen LogP contribution in [0.2, 0.25) is 0 Å². The van der Waals surface area contributed by atoms with Crippen molar-refractivity contribution in [2.24, 2.45) is 0 Å². The van der Waals surface area contributed by atoms with Crippen LogP contribution in [0.25, 0.3) is 11.3 Å². The molecule has 5 rings (SSSR count). The first-order valence-corrected chi connectivity index (χ1v) is 13.4. The van der Waals surface area contributed by atoms with Gasteiger partial charge in [0.2, 0.25) is 0 Å². The number of hydrogen-bond donors (Lipinski definition) is 3. The fourth-order valence-electron chi connectivity index (χ4n) is 4.54. The average Bonchev–Trinajstić information content (AvgIpc) is 2.99. The van der Waals surface area contributed by atoms with Gasteiger partial charge in [0.05, 0.1) is 11.3 Å². The molecule has 2 aromatic heterocycles. The van der Waals surface area contributed by atoms with Crippen LogP contribution in [0.15, 0.2) is 73.3 Å². The number of nitrogens with one attached hydrogen (secondary N) is 3. The lowest BCUT2D eigenvalue weighted by Gasteiger charge is -2.27. The molecule has 1 saturated heterocycles. The third-order valence-electron chi connectivity index (χ3n) is 6.80. The molecule has 1 aliphatic rings. The summed E-state index contributed by atoms with van der Waals surface area (Å²) in [5.41, 5.74) is 2.18. The van der Waals surface area contributed by atoms with E-state index < -0.39 is 17.6 Å². The van der Waals surface area contributed by atoms with Gasteiger partial charge in [-0.25, -0.2) is 15.0 Å². The zero-order valence-electron chi connectivity index (χ0n) is 22.9. The van der Waals surface area contributed by atoms with E-state index in [1.807, 2.05) is 13.0 Å². The SMILES string of the molecule is Cc1ccc(C(=O)Nc2cc(OCCN3CCNCC3)cc(C(F)(F)F)c2)cc1Nc1ncccc1-c1ccncn1. The van der Waals surface area contributed by atoms with Crippen LogP contribution >= 0.6 is 0 Å². The second kappa shape index (κ2) is 13.0. The van der Waals surface area contributed by atoms with Crippen molar-refractivity contribution in [2.45, 2.75) is 13.1 Å². The molecular weight excluding hydrogens is 547 g/mol. The normalized spacial score (nSPS) is 13.9. The van der Waals surface area contributed by atoms with Gasteiger partial charge in [-0.05, 0) is 55.0 Å². The topological polar surface area (TPSA) is 104 Å². The first-order valence-electron chi connectivity index (χ1n) is 13.4. The molecule has 0 aliphatic carbocycles. The number of amides is 1. The minimum atomic E-state index is -4.61. The number of rotatable bonds is 9. The Morgan fingerprint density at radius 2 is 1.88 bits per heavy atom. The minimum Gasteiger partial charge on any atom is -0.492 e. The molecule has 0 saturated carbocycles. The number of halogens is 3. The number of hydrogen-bond acceptors (Lipinski definition) is 8. The Morgan fingerprint density at radius 3 is 2.64 bits per heavy atom. The smallest absolute Gasteiger partial charge is 0.416 e. The standard InChI is InChI=1S/C30H30F3N7O2/c1-20-4-5-21(15-27(20)39-28-25(3-2-7-36-28)26-6-8-35-19-37-26)29(41)38-23-16-22(30(31,32)33)17-24(18-23)42-14-13-40-11-9-34-10-12-40/h2-8,15-19,34H,9-14H2,1H3,(H,36,39)(H,38,41). The van der Waals surface area contributed by atoms with Crippen molar-refractivity contribution in [3.05, 3.63) is 90.0 Å². The maximum Gasteiger partial charge on any atom is 0.416 e. The third kappa shape index (κ3) is 7.39. The Balaban J connectivity index is 1.33. The predicted octanol–water partition coefficient (Wildman–Crippen LogP) is 5.15. The van der Waals surface area contributed by atoms with E-state index in [1.54, 1.807) is 42.7 Å². The van der Waals surface area contributed by atoms with Crippen molar-refractivity contribution < 1.29 is 22.7 Å². The van der Waals surface area contributed by atoms with Crippen LogP contribution in [0.3, 0.4) is 0 Å². The highest BCUT2D eigenvalue weighted by atomic mass is 19.4. The van der Waals surface area contributed by atoms with Crippen molar-refractivity contribution in [3.63, 3.8) is 0 Å². The van der Waals surface area contributed by atoms with E-state index in [9.17, 15) is 18.0 Å². The van der Waals surface area contributed by atoms with Crippen LogP contribution in [-0.2, 0) is 6.18 Å². The number of benzene rings is 2. The van der Waals surface area contributed by atoms with Gasteiger partial charge in [0.1, 0.15) is 24.5 Å². The molecule has 12 heteroatoms. The van der Waals surface area contributed by atoms with Gasteiger partial charge >= 0.3 is 6.18 Å². The first kappa shape index (κ1) is 29.0. The van der Waals surface area contributed by atoms with E-state index >= 15 is 0 Å². The molecule has 3 heterocycles. The van der Waals surface area contributed by atoms with Crippen LogP contribution in [-0.4, -0.2) is 65.1 Å². The lowest BCUT2D eigenvalue weighted by Crippen LogP contribution is -2.44. The minimum absolute atomic E-state index is 0.0159. The number of aryl methyl sites for hydroxylation is 1. The largest absolute Gasteiger partial charge is 0.492 e. The van der Waals surface area contributed by atoms with Crippen LogP contribution in [0, 0.1) is 6.92 Å². The van der Waals surface area contributed by atoms with E-state index in [0.717, 1.165) is 49.4 Å². The molecule has 1 fully saturated rings. The molecule has 42 heavy (non-hydrogen) atoms. The molecule has 1 amide bonds. The van der Waals surface area contributed by atoms with Crippen molar-refractivity contribution in [1.29, 1.82) is 0 Å². The van der Waals surface area contributed by atoms with Crippen molar-refractivity contribution in [2.75, 3.05) is 50.0 Å². The zero-order chi connectivity index (χ0) is 29.5. The van der Waals surface area contributed by atoms with Gasteiger partial charge < -0.3 is 20.7 Å². The predicted molar refractivity (Wildman–Crippen MR) is 154 cm³/mol. The first-order chi connectivity index (χ1) is 20.3. The Kier molecular flexibility index (Phi) is 8.94. The molecule has 0 radical (unpaired) electrons. The number of carbonyl (C=O) groups excluding carboxylic acids is 1. The summed E-state index contributed by atoms with van der Waals surface area (Å²) in [6, 6.07) is 13.6. The molecule has 4 aromatic rings. The Morgan fingerprint density at radius 1 is 1.05 bits per heavy atom. The number of pyridine rings is 1. The highest BCUT2D eigenvalue weighted by Gasteiger charge is 2.32. The molecule has 0 bridgehead atoms. The quantitative estimate of drug-likeness (QED) is 0.251.